The molecule has 0 amide bonds. The Morgan fingerprint density at radius 1 is 0.900 bits per heavy atom. The number of fused-ring (bicyclic) bond motifs is 2. The molecular weight excluding hydrogens is 400 g/mol. The molecule has 5 rings (SSSR count). The minimum Gasteiger partial charge on any atom is -0.454 e. The number of hydrogen-bond donors (Lipinski definition) is 0. The third kappa shape index (κ3) is 3.66. The SMILES string of the molecule is O=C1C[C@@H](c2ccc(Cl)cc2)[C@@H](/C=C/c2ccccc2)c2cc3c(cc2O1)OCO3. The number of rotatable bonds is 3. The Labute approximate surface area is 179 Å². The van der Waals surface area contributed by atoms with Crippen LogP contribution in [0.4, 0.5) is 0 Å². The van der Waals surface area contributed by atoms with E-state index >= 15 is 0 Å². The van der Waals surface area contributed by atoms with Crippen LogP contribution >= 0.6 is 11.6 Å². The van der Waals surface area contributed by atoms with E-state index in [2.05, 4.69) is 12.2 Å². The van der Waals surface area contributed by atoms with Crippen LogP contribution < -0.4 is 14.2 Å². The molecule has 0 fully saturated rings. The smallest absolute Gasteiger partial charge is 0.311 e. The van der Waals surface area contributed by atoms with Gasteiger partial charge in [-0.2, -0.15) is 0 Å². The summed E-state index contributed by atoms with van der Waals surface area (Å²) >= 11 is 6.10. The highest BCUT2D eigenvalue weighted by Crippen LogP contribution is 2.48. The molecule has 0 saturated carbocycles. The predicted octanol–water partition coefficient (Wildman–Crippen LogP) is 5.96. The van der Waals surface area contributed by atoms with E-state index in [-0.39, 0.29) is 31.0 Å². The Morgan fingerprint density at radius 2 is 1.63 bits per heavy atom. The Morgan fingerprint density at radius 3 is 2.40 bits per heavy atom. The van der Waals surface area contributed by atoms with Crippen molar-refractivity contribution in [3.05, 3.63) is 94.5 Å². The second-order valence-corrected chi connectivity index (χ2v) is 7.81. The number of hydrogen-bond acceptors (Lipinski definition) is 4. The van der Waals surface area contributed by atoms with E-state index in [1.807, 2.05) is 60.7 Å². The lowest BCUT2D eigenvalue weighted by Crippen LogP contribution is -2.13. The zero-order chi connectivity index (χ0) is 20.5. The van der Waals surface area contributed by atoms with Crippen LogP contribution in [0, 0.1) is 0 Å². The highest BCUT2D eigenvalue weighted by atomic mass is 35.5. The van der Waals surface area contributed by atoms with E-state index in [1.165, 1.54) is 0 Å². The first-order valence-electron chi connectivity index (χ1n) is 9.80. The van der Waals surface area contributed by atoms with Gasteiger partial charge in [0.1, 0.15) is 5.75 Å². The average Bonchev–Trinajstić information content (AvgIpc) is 3.16. The maximum absolute atomic E-state index is 12.7. The van der Waals surface area contributed by atoms with Gasteiger partial charge in [-0.3, -0.25) is 4.79 Å². The van der Waals surface area contributed by atoms with Crippen LogP contribution in [0.5, 0.6) is 17.2 Å². The minimum absolute atomic E-state index is 0.0951. The summed E-state index contributed by atoms with van der Waals surface area (Å²) in [6, 6.07) is 21.4. The Bertz CT molecular complexity index is 1110. The summed E-state index contributed by atoms with van der Waals surface area (Å²) in [6.45, 7) is 0.164. The number of halogens is 1. The van der Waals surface area contributed by atoms with E-state index in [4.69, 9.17) is 25.8 Å². The average molecular weight is 419 g/mol. The molecule has 2 heterocycles. The van der Waals surface area contributed by atoms with Crippen molar-refractivity contribution in [3.63, 3.8) is 0 Å². The molecule has 0 aromatic heterocycles. The first-order valence-corrected chi connectivity index (χ1v) is 10.2. The third-order valence-corrected chi connectivity index (χ3v) is 5.75. The fourth-order valence-corrected chi connectivity index (χ4v) is 4.15. The topological polar surface area (TPSA) is 44.8 Å². The first kappa shape index (κ1) is 18.8. The van der Waals surface area contributed by atoms with Crippen molar-refractivity contribution in [1.29, 1.82) is 0 Å². The van der Waals surface area contributed by atoms with Gasteiger partial charge in [-0.1, -0.05) is 66.2 Å². The summed E-state index contributed by atoms with van der Waals surface area (Å²) in [4.78, 5) is 12.7. The fraction of sp³-hybridized carbons (Fsp3) is 0.160. The Balaban J connectivity index is 1.64. The van der Waals surface area contributed by atoms with Gasteiger partial charge in [0, 0.05) is 28.5 Å². The number of carbonyl (C=O) groups excluding carboxylic acids is 1. The van der Waals surface area contributed by atoms with E-state index in [0.717, 1.165) is 16.7 Å². The molecule has 0 unspecified atom stereocenters. The molecule has 2 aliphatic rings. The molecule has 5 heteroatoms. The van der Waals surface area contributed by atoms with Crippen LogP contribution in [0.25, 0.3) is 6.08 Å². The highest BCUT2D eigenvalue weighted by molar-refractivity contribution is 6.30. The lowest BCUT2D eigenvalue weighted by atomic mass is 9.79. The summed E-state index contributed by atoms with van der Waals surface area (Å²) in [7, 11) is 0. The third-order valence-electron chi connectivity index (χ3n) is 5.50. The summed E-state index contributed by atoms with van der Waals surface area (Å²) < 4.78 is 16.8. The monoisotopic (exact) mass is 418 g/mol. The number of benzene rings is 3. The van der Waals surface area contributed by atoms with Crippen LogP contribution in [0.1, 0.15) is 34.9 Å². The summed E-state index contributed by atoms with van der Waals surface area (Å²) in [5.41, 5.74) is 3.02. The number of ether oxygens (including phenoxy) is 3. The predicted molar refractivity (Wildman–Crippen MR) is 115 cm³/mol. The molecule has 2 atom stereocenters. The maximum Gasteiger partial charge on any atom is 0.311 e. The zero-order valence-electron chi connectivity index (χ0n) is 16.1. The molecule has 0 aliphatic carbocycles. The Hall–Kier alpha value is -3.24. The van der Waals surface area contributed by atoms with E-state index in [9.17, 15) is 4.79 Å². The molecule has 3 aromatic carbocycles. The van der Waals surface area contributed by atoms with Gasteiger partial charge in [0.05, 0.1) is 6.42 Å². The molecule has 0 saturated heterocycles. The molecular formula is C25H19ClO4. The van der Waals surface area contributed by atoms with Gasteiger partial charge in [-0.15, -0.1) is 0 Å². The quantitative estimate of drug-likeness (QED) is 0.389. The minimum atomic E-state index is -0.273. The fourth-order valence-electron chi connectivity index (χ4n) is 4.03. The molecule has 30 heavy (non-hydrogen) atoms. The lowest BCUT2D eigenvalue weighted by molar-refractivity contribution is -0.134. The van der Waals surface area contributed by atoms with Crippen LogP contribution in [-0.2, 0) is 4.79 Å². The molecule has 0 radical (unpaired) electrons. The van der Waals surface area contributed by atoms with Gasteiger partial charge in [-0.05, 0) is 29.3 Å². The molecule has 2 aliphatic heterocycles. The summed E-state index contributed by atoms with van der Waals surface area (Å²) in [6.07, 6.45) is 4.47. The molecule has 3 aromatic rings. The van der Waals surface area contributed by atoms with E-state index in [1.54, 1.807) is 6.07 Å². The molecule has 0 spiro atoms. The van der Waals surface area contributed by atoms with E-state index < -0.39 is 0 Å². The standard InChI is InChI=1S/C25H19ClO4/c26-18-9-7-17(8-10-18)20-13-25(27)30-22-14-24-23(28-15-29-24)12-21(22)19(20)11-6-16-4-2-1-3-5-16/h1-12,14,19-20H,13,15H2/b11-6+/t19-,20+/m1/s1. The van der Waals surface area contributed by atoms with Crippen molar-refractivity contribution >= 4 is 23.6 Å². The highest BCUT2D eigenvalue weighted by Gasteiger charge is 2.34. The van der Waals surface area contributed by atoms with Crippen LogP contribution in [0.3, 0.4) is 0 Å². The van der Waals surface area contributed by atoms with Crippen LogP contribution in [0.15, 0.2) is 72.8 Å². The second-order valence-electron chi connectivity index (χ2n) is 7.38. The normalized spacial score (nSPS) is 20.0. The molecule has 4 nitrogen and oxygen atoms in total. The van der Waals surface area contributed by atoms with Crippen molar-refractivity contribution in [1.82, 2.24) is 0 Å². The lowest BCUT2D eigenvalue weighted by Gasteiger charge is -2.23. The van der Waals surface area contributed by atoms with Gasteiger partial charge in [-0.25, -0.2) is 0 Å². The van der Waals surface area contributed by atoms with Crippen molar-refractivity contribution in [2.45, 2.75) is 18.3 Å². The number of esters is 1. The van der Waals surface area contributed by atoms with Gasteiger partial charge >= 0.3 is 5.97 Å². The van der Waals surface area contributed by atoms with Crippen LogP contribution in [0.2, 0.25) is 5.02 Å². The largest absolute Gasteiger partial charge is 0.454 e. The molecule has 150 valence electrons. The van der Waals surface area contributed by atoms with Crippen molar-refractivity contribution in [2.24, 2.45) is 0 Å². The van der Waals surface area contributed by atoms with Crippen LogP contribution in [-0.4, -0.2) is 12.8 Å². The first-order chi connectivity index (χ1) is 14.7. The van der Waals surface area contributed by atoms with Crippen molar-refractivity contribution in [2.75, 3.05) is 6.79 Å². The van der Waals surface area contributed by atoms with Gasteiger partial charge in [0.2, 0.25) is 6.79 Å². The number of carbonyl (C=O) groups is 1. The maximum atomic E-state index is 12.7. The zero-order valence-corrected chi connectivity index (χ0v) is 16.8. The number of allylic oxidation sites excluding steroid dienone is 1. The molecule has 0 N–H and O–H groups in total. The van der Waals surface area contributed by atoms with Crippen molar-refractivity contribution in [3.8, 4) is 17.2 Å². The summed E-state index contributed by atoms with van der Waals surface area (Å²) in [5, 5.41) is 0.662. The van der Waals surface area contributed by atoms with E-state index in [0.29, 0.717) is 22.3 Å². The second kappa shape index (κ2) is 7.88. The molecule has 0 bridgehead atoms. The van der Waals surface area contributed by atoms with Gasteiger partial charge in [0.15, 0.2) is 11.5 Å². The van der Waals surface area contributed by atoms with Crippen molar-refractivity contribution < 1.29 is 19.0 Å². The van der Waals surface area contributed by atoms with Gasteiger partial charge in [0.25, 0.3) is 0 Å². The van der Waals surface area contributed by atoms with Gasteiger partial charge < -0.3 is 14.2 Å². The summed E-state index contributed by atoms with van der Waals surface area (Å²) in [5.74, 6) is 1.31. The Kier molecular flexibility index (Phi) is 4.93.